The van der Waals surface area contributed by atoms with Crippen molar-refractivity contribution in [1.29, 1.82) is 0 Å². The van der Waals surface area contributed by atoms with Gasteiger partial charge >= 0.3 is 0 Å². The van der Waals surface area contributed by atoms with E-state index in [2.05, 4.69) is 5.32 Å². The molecule has 7 heteroatoms. The van der Waals surface area contributed by atoms with Gasteiger partial charge in [-0.15, -0.1) is 0 Å². The number of amides is 2. The number of nitrogens with zero attached hydrogens (tertiary/aromatic N) is 1. The Hall–Kier alpha value is -3.06. The topological polar surface area (TPSA) is 72.3 Å². The molecule has 1 heterocycles. The highest BCUT2D eigenvalue weighted by Gasteiger charge is 2.25. The van der Waals surface area contributed by atoms with Crippen molar-refractivity contribution in [3.63, 3.8) is 0 Å². The molecule has 166 valence electrons. The van der Waals surface area contributed by atoms with Crippen molar-refractivity contribution in [3.05, 3.63) is 53.6 Å². The first-order chi connectivity index (χ1) is 15.0. The molecule has 1 fully saturated rings. The fourth-order valence-corrected chi connectivity index (χ4v) is 3.71. The van der Waals surface area contributed by atoms with Crippen molar-refractivity contribution < 1.29 is 24.0 Å². The van der Waals surface area contributed by atoms with E-state index in [1.54, 1.807) is 12.1 Å². The zero-order valence-corrected chi connectivity index (χ0v) is 18.6. The van der Waals surface area contributed by atoms with Crippen LogP contribution in [0.4, 0.5) is 5.69 Å². The fraction of sp³-hybridized carbons (Fsp3) is 0.417. The summed E-state index contributed by atoms with van der Waals surface area (Å²) in [6.45, 7) is 9.68. The number of nitrogens with one attached hydrogen (secondary N) is 2. The molecule has 0 bridgehead atoms. The largest absolute Gasteiger partial charge is 0.494 e. The third-order valence-corrected chi connectivity index (χ3v) is 5.48. The minimum absolute atomic E-state index is 0.00556. The molecule has 31 heavy (non-hydrogen) atoms. The van der Waals surface area contributed by atoms with E-state index in [0.717, 1.165) is 35.7 Å². The van der Waals surface area contributed by atoms with Crippen LogP contribution in [0.1, 0.15) is 18.1 Å². The number of piperazine rings is 1. The molecule has 1 aliphatic rings. The molecular formula is C24H32N3O4+. The highest BCUT2D eigenvalue weighted by atomic mass is 16.5. The van der Waals surface area contributed by atoms with Crippen LogP contribution < -0.4 is 19.7 Å². The standard InChI is InChI=1S/C24H31N3O4/c1-4-30-20-8-10-21(11-9-20)31-17-23(29)27-14-12-26(13-15-27)16-22(28)25-24-18(2)6-5-7-19(24)3/h5-11H,4,12-17H2,1-3H3,(H,25,28)/p+1. The number of benzene rings is 2. The lowest BCUT2D eigenvalue weighted by atomic mass is 10.1. The average molecular weight is 427 g/mol. The Morgan fingerprint density at radius 2 is 1.55 bits per heavy atom. The molecule has 0 atom stereocenters. The fourth-order valence-electron chi connectivity index (χ4n) is 3.71. The van der Waals surface area contributed by atoms with E-state index in [1.165, 1.54) is 4.90 Å². The summed E-state index contributed by atoms with van der Waals surface area (Å²) in [7, 11) is 0. The quantitative estimate of drug-likeness (QED) is 0.670. The van der Waals surface area contributed by atoms with Gasteiger partial charge in [-0.1, -0.05) is 18.2 Å². The number of ether oxygens (including phenoxy) is 2. The van der Waals surface area contributed by atoms with E-state index >= 15 is 0 Å². The van der Waals surface area contributed by atoms with E-state index in [0.29, 0.717) is 32.0 Å². The third-order valence-electron chi connectivity index (χ3n) is 5.48. The van der Waals surface area contributed by atoms with Crippen LogP contribution in [0.5, 0.6) is 11.5 Å². The smallest absolute Gasteiger partial charge is 0.279 e. The first kappa shape index (κ1) is 22.6. The molecule has 3 rings (SSSR count). The number of hydrogen-bond donors (Lipinski definition) is 2. The first-order valence-corrected chi connectivity index (χ1v) is 10.8. The second kappa shape index (κ2) is 10.8. The Morgan fingerprint density at radius 3 is 2.13 bits per heavy atom. The predicted molar refractivity (Wildman–Crippen MR) is 120 cm³/mol. The molecule has 2 N–H and O–H groups in total. The van der Waals surface area contributed by atoms with Gasteiger partial charge in [-0.05, 0) is 56.2 Å². The monoisotopic (exact) mass is 426 g/mol. The maximum absolute atomic E-state index is 12.5. The van der Waals surface area contributed by atoms with Crippen molar-refractivity contribution >= 4 is 17.5 Å². The molecule has 1 aliphatic heterocycles. The minimum atomic E-state index is -0.0343. The summed E-state index contributed by atoms with van der Waals surface area (Å²) in [4.78, 5) is 27.9. The van der Waals surface area contributed by atoms with Gasteiger partial charge in [0.1, 0.15) is 11.5 Å². The maximum atomic E-state index is 12.5. The van der Waals surface area contributed by atoms with E-state index in [9.17, 15) is 9.59 Å². The highest BCUT2D eigenvalue weighted by molar-refractivity contribution is 5.93. The molecule has 1 saturated heterocycles. The van der Waals surface area contributed by atoms with E-state index < -0.39 is 0 Å². The lowest BCUT2D eigenvalue weighted by Crippen LogP contribution is -3.15. The van der Waals surface area contributed by atoms with Gasteiger partial charge < -0.3 is 24.6 Å². The normalized spacial score (nSPS) is 14.2. The molecule has 7 nitrogen and oxygen atoms in total. The van der Waals surface area contributed by atoms with Crippen LogP contribution in [0, 0.1) is 13.8 Å². The number of aryl methyl sites for hydroxylation is 2. The number of rotatable bonds is 8. The van der Waals surface area contributed by atoms with Crippen LogP contribution >= 0.6 is 0 Å². The second-order valence-electron chi connectivity index (χ2n) is 7.82. The van der Waals surface area contributed by atoms with Crippen LogP contribution in [0.2, 0.25) is 0 Å². The summed E-state index contributed by atoms with van der Waals surface area (Å²) in [5.74, 6) is 1.39. The molecule has 0 unspecified atom stereocenters. The van der Waals surface area contributed by atoms with Crippen LogP contribution in [0.25, 0.3) is 0 Å². The highest BCUT2D eigenvalue weighted by Crippen LogP contribution is 2.19. The molecule has 0 saturated carbocycles. The van der Waals surface area contributed by atoms with Crippen molar-refractivity contribution in [3.8, 4) is 11.5 Å². The van der Waals surface area contributed by atoms with Crippen molar-refractivity contribution in [2.24, 2.45) is 0 Å². The first-order valence-electron chi connectivity index (χ1n) is 10.8. The predicted octanol–water partition coefficient (Wildman–Crippen LogP) is 1.45. The molecule has 0 radical (unpaired) electrons. The summed E-state index contributed by atoms with van der Waals surface area (Å²) in [6, 6.07) is 13.2. The third kappa shape index (κ3) is 6.46. The van der Waals surface area contributed by atoms with Gasteiger partial charge in [-0.3, -0.25) is 9.59 Å². The Labute approximate surface area is 183 Å². The molecule has 2 aromatic carbocycles. The van der Waals surface area contributed by atoms with Crippen molar-refractivity contribution in [2.75, 3.05) is 51.3 Å². The number of hydrogen-bond acceptors (Lipinski definition) is 4. The molecule has 2 aromatic rings. The van der Waals surface area contributed by atoms with E-state index in [-0.39, 0.29) is 18.4 Å². The molecule has 0 aromatic heterocycles. The second-order valence-corrected chi connectivity index (χ2v) is 7.82. The van der Waals surface area contributed by atoms with Gasteiger partial charge in [0.15, 0.2) is 13.2 Å². The number of carbonyl (C=O) groups is 2. The maximum Gasteiger partial charge on any atom is 0.279 e. The molecule has 2 amide bonds. The zero-order valence-electron chi connectivity index (χ0n) is 18.6. The average Bonchev–Trinajstić information content (AvgIpc) is 2.76. The Kier molecular flexibility index (Phi) is 7.89. The summed E-state index contributed by atoms with van der Waals surface area (Å²) in [6.07, 6.45) is 0. The van der Waals surface area contributed by atoms with Gasteiger partial charge in [0, 0.05) is 5.69 Å². The van der Waals surface area contributed by atoms with Crippen LogP contribution in [-0.4, -0.2) is 62.7 Å². The van der Waals surface area contributed by atoms with Gasteiger partial charge in [0.05, 0.1) is 32.8 Å². The van der Waals surface area contributed by atoms with Crippen LogP contribution in [-0.2, 0) is 9.59 Å². The summed E-state index contributed by atoms with van der Waals surface area (Å²) < 4.78 is 11.0. The van der Waals surface area contributed by atoms with Crippen LogP contribution in [0.3, 0.4) is 0 Å². The summed E-state index contributed by atoms with van der Waals surface area (Å²) >= 11 is 0. The number of quaternary nitrogens is 1. The summed E-state index contributed by atoms with van der Waals surface area (Å²) in [5, 5.41) is 3.04. The minimum Gasteiger partial charge on any atom is -0.494 e. The summed E-state index contributed by atoms with van der Waals surface area (Å²) in [5.41, 5.74) is 3.02. The van der Waals surface area contributed by atoms with Gasteiger partial charge in [0.2, 0.25) is 0 Å². The van der Waals surface area contributed by atoms with Gasteiger partial charge in [-0.25, -0.2) is 0 Å². The lowest BCUT2D eigenvalue weighted by molar-refractivity contribution is -0.895. The van der Waals surface area contributed by atoms with Gasteiger partial charge in [0.25, 0.3) is 11.8 Å². The number of carbonyl (C=O) groups excluding carboxylic acids is 2. The Morgan fingerprint density at radius 1 is 0.968 bits per heavy atom. The van der Waals surface area contributed by atoms with E-state index in [1.807, 2.05) is 56.0 Å². The van der Waals surface area contributed by atoms with Gasteiger partial charge in [-0.2, -0.15) is 0 Å². The Bertz CT molecular complexity index is 870. The molecule has 0 spiro atoms. The van der Waals surface area contributed by atoms with Crippen molar-refractivity contribution in [1.82, 2.24) is 4.90 Å². The SMILES string of the molecule is CCOc1ccc(OCC(=O)N2CC[NH+](CC(=O)Nc3c(C)cccc3C)CC2)cc1. The molecular weight excluding hydrogens is 394 g/mol. The number of anilines is 1. The van der Waals surface area contributed by atoms with E-state index in [4.69, 9.17) is 9.47 Å². The van der Waals surface area contributed by atoms with Crippen LogP contribution in [0.15, 0.2) is 42.5 Å². The lowest BCUT2D eigenvalue weighted by Gasteiger charge is -2.31. The Balaban J connectivity index is 1.40. The zero-order chi connectivity index (χ0) is 22.2. The number of para-hydroxylation sites is 1. The van der Waals surface area contributed by atoms with Crippen molar-refractivity contribution in [2.45, 2.75) is 20.8 Å². The molecule has 0 aliphatic carbocycles.